The van der Waals surface area contributed by atoms with E-state index < -0.39 is 0 Å². The largest absolute Gasteiger partial charge is 0.379 e. The molecule has 20 heavy (non-hydrogen) atoms. The second-order valence-electron chi connectivity index (χ2n) is 5.59. The summed E-state index contributed by atoms with van der Waals surface area (Å²) in [5.41, 5.74) is 0.794. The number of nitro groups is 1. The summed E-state index contributed by atoms with van der Waals surface area (Å²) in [7, 11) is 0. The smallest absolute Gasteiger partial charge is 0.309 e. The third-order valence-corrected chi connectivity index (χ3v) is 4.50. The molecule has 1 aliphatic carbocycles. The van der Waals surface area contributed by atoms with Crippen molar-refractivity contribution in [3.05, 3.63) is 22.0 Å². The van der Waals surface area contributed by atoms with Crippen LogP contribution in [0.15, 0.2) is 6.20 Å². The third kappa shape index (κ3) is 2.43. The van der Waals surface area contributed by atoms with Gasteiger partial charge in [-0.05, 0) is 26.2 Å². The van der Waals surface area contributed by atoms with Gasteiger partial charge in [0.2, 0.25) is 0 Å². The predicted molar refractivity (Wildman–Crippen MR) is 72.7 cm³/mol. The molecule has 7 nitrogen and oxygen atoms in total. The normalized spacial score (nSPS) is 27.9. The molecule has 1 aromatic rings. The Balaban J connectivity index is 1.69. The minimum absolute atomic E-state index is 0.125. The van der Waals surface area contributed by atoms with Crippen LogP contribution < -0.4 is 0 Å². The molecular formula is C13H20N4O3. The van der Waals surface area contributed by atoms with Crippen molar-refractivity contribution in [3.63, 3.8) is 0 Å². The standard InChI is InChI=1S/C13H20N4O3/c1-10-13(17(18)19)9-14-16(10)12-3-2-11(8-12)15-4-6-20-7-5-15/h9,11-12H,2-8H2,1H3. The molecule has 0 amide bonds. The summed E-state index contributed by atoms with van der Waals surface area (Å²) in [6.07, 6.45) is 4.58. The number of hydrogen-bond donors (Lipinski definition) is 0. The van der Waals surface area contributed by atoms with E-state index in [-0.39, 0.29) is 16.7 Å². The molecular weight excluding hydrogens is 260 g/mol. The molecule has 2 fully saturated rings. The quantitative estimate of drug-likeness (QED) is 0.620. The lowest BCUT2D eigenvalue weighted by atomic mass is 10.2. The van der Waals surface area contributed by atoms with Gasteiger partial charge in [-0.25, -0.2) is 0 Å². The Bertz CT molecular complexity index is 496. The minimum Gasteiger partial charge on any atom is -0.379 e. The van der Waals surface area contributed by atoms with Crippen LogP contribution in [0, 0.1) is 17.0 Å². The fraction of sp³-hybridized carbons (Fsp3) is 0.769. The van der Waals surface area contributed by atoms with E-state index in [2.05, 4.69) is 10.00 Å². The molecule has 1 aromatic heterocycles. The zero-order valence-electron chi connectivity index (χ0n) is 11.7. The van der Waals surface area contributed by atoms with Crippen LogP contribution in [0.1, 0.15) is 31.0 Å². The molecule has 0 N–H and O–H groups in total. The highest BCUT2D eigenvalue weighted by Gasteiger charge is 2.33. The van der Waals surface area contributed by atoms with Crippen molar-refractivity contribution < 1.29 is 9.66 Å². The Morgan fingerprint density at radius 1 is 1.35 bits per heavy atom. The SMILES string of the molecule is Cc1c([N+](=O)[O-])cnn1C1CCC(N2CCOCC2)C1. The Kier molecular flexibility index (Phi) is 3.71. The lowest BCUT2D eigenvalue weighted by Crippen LogP contribution is -2.42. The summed E-state index contributed by atoms with van der Waals surface area (Å²) >= 11 is 0. The van der Waals surface area contributed by atoms with Crippen molar-refractivity contribution in [2.24, 2.45) is 0 Å². The summed E-state index contributed by atoms with van der Waals surface area (Å²) in [4.78, 5) is 13.0. The maximum atomic E-state index is 10.9. The third-order valence-electron chi connectivity index (χ3n) is 4.50. The highest BCUT2D eigenvalue weighted by molar-refractivity contribution is 5.32. The van der Waals surface area contributed by atoms with E-state index in [1.807, 2.05) is 4.68 Å². The summed E-state index contributed by atoms with van der Waals surface area (Å²) in [5.74, 6) is 0. The fourth-order valence-electron chi connectivity index (χ4n) is 3.39. The van der Waals surface area contributed by atoms with Crippen molar-refractivity contribution in [2.45, 2.75) is 38.3 Å². The van der Waals surface area contributed by atoms with Gasteiger partial charge in [-0.15, -0.1) is 0 Å². The second-order valence-corrected chi connectivity index (χ2v) is 5.59. The zero-order valence-corrected chi connectivity index (χ0v) is 11.7. The van der Waals surface area contributed by atoms with Crippen molar-refractivity contribution in [3.8, 4) is 0 Å². The van der Waals surface area contributed by atoms with Gasteiger partial charge in [0.05, 0.1) is 24.2 Å². The van der Waals surface area contributed by atoms with E-state index in [1.165, 1.54) is 6.20 Å². The van der Waals surface area contributed by atoms with Gasteiger partial charge in [-0.3, -0.25) is 19.7 Å². The molecule has 7 heteroatoms. The van der Waals surface area contributed by atoms with Crippen molar-refractivity contribution in [2.75, 3.05) is 26.3 Å². The first-order valence-electron chi connectivity index (χ1n) is 7.17. The van der Waals surface area contributed by atoms with Crippen LogP contribution in [0.25, 0.3) is 0 Å². The Morgan fingerprint density at radius 3 is 2.70 bits per heavy atom. The first-order valence-corrected chi connectivity index (χ1v) is 7.17. The first-order chi connectivity index (χ1) is 9.66. The van der Waals surface area contributed by atoms with E-state index >= 15 is 0 Å². The lowest BCUT2D eigenvalue weighted by molar-refractivity contribution is -0.385. The van der Waals surface area contributed by atoms with E-state index in [0.717, 1.165) is 45.6 Å². The Morgan fingerprint density at radius 2 is 2.05 bits per heavy atom. The van der Waals surface area contributed by atoms with Crippen molar-refractivity contribution >= 4 is 5.69 Å². The van der Waals surface area contributed by atoms with Gasteiger partial charge < -0.3 is 4.74 Å². The number of morpholine rings is 1. The molecule has 1 aliphatic heterocycles. The molecule has 0 radical (unpaired) electrons. The second kappa shape index (κ2) is 5.49. The molecule has 2 unspecified atom stereocenters. The van der Waals surface area contributed by atoms with Crippen LogP contribution in [-0.4, -0.2) is 51.9 Å². The van der Waals surface area contributed by atoms with Crippen molar-refractivity contribution in [1.82, 2.24) is 14.7 Å². The highest BCUT2D eigenvalue weighted by Crippen LogP contribution is 2.35. The van der Waals surface area contributed by atoms with Gasteiger partial charge in [0.25, 0.3) is 0 Å². The summed E-state index contributed by atoms with van der Waals surface area (Å²) in [6.45, 7) is 5.40. The maximum absolute atomic E-state index is 10.9. The van der Waals surface area contributed by atoms with Crippen LogP contribution in [-0.2, 0) is 4.74 Å². The Labute approximate surface area is 117 Å². The number of aromatic nitrogens is 2. The van der Waals surface area contributed by atoms with Gasteiger partial charge in [0.1, 0.15) is 11.9 Å². The van der Waals surface area contributed by atoms with Gasteiger partial charge in [0, 0.05) is 19.1 Å². The number of rotatable bonds is 3. The van der Waals surface area contributed by atoms with Crippen LogP contribution >= 0.6 is 0 Å². The summed E-state index contributed by atoms with van der Waals surface area (Å²) in [6, 6.07) is 0.850. The van der Waals surface area contributed by atoms with Gasteiger partial charge in [0.15, 0.2) is 0 Å². The highest BCUT2D eigenvalue weighted by atomic mass is 16.6. The lowest BCUT2D eigenvalue weighted by Gasteiger charge is -2.32. The van der Waals surface area contributed by atoms with Crippen LogP contribution in [0.2, 0.25) is 0 Å². The molecule has 2 heterocycles. The van der Waals surface area contributed by atoms with Crippen LogP contribution in [0.3, 0.4) is 0 Å². The summed E-state index contributed by atoms with van der Waals surface area (Å²) in [5, 5.41) is 15.1. The van der Waals surface area contributed by atoms with Crippen LogP contribution in [0.4, 0.5) is 5.69 Å². The molecule has 110 valence electrons. The first kappa shape index (κ1) is 13.5. The number of nitrogens with zero attached hydrogens (tertiary/aromatic N) is 4. The molecule has 3 rings (SSSR count). The molecule has 0 spiro atoms. The monoisotopic (exact) mass is 280 g/mol. The van der Waals surface area contributed by atoms with Gasteiger partial charge >= 0.3 is 5.69 Å². The van der Waals surface area contributed by atoms with Gasteiger partial charge in [-0.1, -0.05) is 0 Å². The molecule has 0 aromatic carbocycles. The number of ether oxygens (including phenoxy) is 1. The molecule has 0 bridgehead atoms. The Hall–Kier alpha value is -1.47. The minimum atomic E-state index is -0.354. The molecule has 1 saturated carbocycles. The van der Waals surface area contributed by atoms with E-state index in [9.17, 15) is 10.1 Å². The molecule has 1 saturated heterocycles. The molecule has 2 atom stereocenters. The molecule has 2 aliphatic rings. The van der Waals surface area contributed by atoms with E-state index in [0.29, 0.717) is 11.7 Å². The van der Waals surface area contributed by atoms with E-state index in [1.54, 1.807) is 6.92 Å². The fourth-order valence-corrected chi connectivity index (χ4v) is 3.39. The topological polar surface area (TPSA) is 73.4 Å². The van der Waals surface area contributed by atoms with Gasteiger partial charge in [-0.2, -0.15) is 5.10 Å². The maximum Gasteiger partial charge on any atom is 0.309 e. The summed E-state index contributed by atoms with van der Waals surface area (Å²) < 4.78 is 7.23. The average molecular weight is 280 g/mol. The van der Waals surface area contributed by atoms with Crippen molar-refractivity contribution in [1.29, 1.82) is 0 Å². The zero-order chi connectivity index (χ0) is 14.1. The van der Waals surface area contributed by atoms with Crippen LogP contribution in [0.5, 0.6) is 0 Å². The average Bonchev–Trinajstić information content (AvgIpc) is 3.06. The predicted octanol–water partition coefficient (Wildman–Crippen LogP) is 1.53. The van der Waals surface area contributed by atoms with E-state index in [4.69, 9.17) is 4.74 Å². The number of hydrogen-bond acceptors (Lipinski definition) is 5.